The number of carbonyl (C=O) groups is 3. The molecule has 0 radical (unpaired) electrons. The average Bonchev–Trinajstić information content (AvgIpc) is 3.16. The van der Waals surface area contributed by atoms with Gasteiger partial charge < -0.3 is 14.2 Å². The Morgan fingerprint density at radius 1 is 1.11 bits per heavy atom. The van der Waals surface area contributed by atoms with E-state index < -0.39 is 0 Å². The van der Waals surface area contributed by atoms with Gasteiger partial charge in [0.05, 0.1) is 18.2 Å². The Morgan fingerprint density at radius 2 is 1.89 bits per heavy atom. The summed E-state index contributed by atoms with van der Waals surface area (Å²) in [5.74, 6) is -0.715. The first-order valence-electron chi connectivity index (χ1n) is 9.29. The number of likely N-dealkylation sites (tertiary alicyclic amines) is 1. The lowest BCUT2D eigenvalue weighted by molar-refractivity contribution is -0.151. The second-order valence-electron chi connectivity index (χ2n) is 6.65. The van der Waals surface area contributed by atoms with Crippen molar-refractivity contribution in [1.29, 1.82) is 0 Å². The smallest absolute Gasteiger partial charge is 0.310 e. The van der Waals surface area contributed by atoms with Gasteiger partial charge in [0.25, 0.3) is 0 Å². The molecule has 1 aromatic heterocycles. The van der Waals surface area contributed by atoms with E-state index in [0.29, 0.717) is 31.0 Å². The third-order valence-corrected chi connectivity index (χ3v) is 4.80. The van der Waals surface area contributed by atoms with Crippen LogP contribution >= 0.6 is 0 Å². The molecule has 6 heteroatoms. The number of piperidine rings is 1. The van der Waals surface area contributed by atoms with E-state index in [9.17, 15) is 14.4 Å². The molecular formula is C21H24N2O4. The van der Waals surface area contributed by atoms with Crippen LogP contribution in [0.4, 0.5) is 0 Å². The summed E-state index contributed by atoms with van der Waals surface area (Å²) in [7, 11) is 0. The van der Waals surface area contributed by atoms with Gasteiger partial charge in [0.1, 0.15) is 6.54 Å². The quantitative estimate of drug-likeness (QED) is 0.580. The molecule has 1 saturated heterocycles. The molecule has 1 fully saturated rings. The van der Waals surface area contributed by atoms with Crippen molar-refractivity contribution in [2.45, 2.75) is 26.3 Å². The summed E-state index contributed by atoms with van der Waals surface area (Å²) >= 11 is 0. The van der Waals surface area contributed by atoms with Crippen molar-refractivity contribution in [2.24, 2.45) is 5.92 Å². The SMILES string of the molecule is CCOC(=O)[C@H]1CCCN(C(=O)Cn2cccc2C(=O)c2ccccc2)C1. The van der Waals surface area contributed by atoms with Crippen LogP contribution in [0, 0.1) is 5.92 Å². The predicted molar refractivity (Wildman–Crippen MR) is 100 cm³/mol. The lowest BCUT2D eigenvalue weighted by Gasteiger charge is -2.31. The monoisotopic (exact) mass is 368 g/mol. The van der Waals surface area contributed by atoms with Gasteiger partial charge in [0, 0.05) is 24.8 Å². The van der Waals surface area contributed by atoms with Crippen molar-refractivity contribution in [1.82, 2.24) is 9.47 Å². The maximum atomic E-state index is 12.7. The van der Waals surface area contributed by atoms with Crippen molar-refractivity contribution in [3.63, 3.8) is 0 Å². The van der Waals surface area contributed by atoms with Crippen molar-refractivity contribution in [3.8, 4) is 0 Å². The molecule has 0 aliphatic carbocycles. The fourth-order valence-electron chi connectivity index (χ4n) is 3.40. The number of hydrogen-bond donors (Lipinski definition) is 0. The summed E-state index contributed by atoms with van der Waals surface area (Å²) in [6.45, 7) is 3.20. The summed E-state index contributed by atoms with van der Waals surface area (Å²) in [6, 6.07) is 12.5. The zero-order valence-corrected chi connectivity index (χ0v) is 15.5. The minimum atomic E-state index is -0.266. The number of aromatic nitrogens is 1. The summed E-state index contributed by atoms with van der Waals surface area (Å²) in [6.07, 6.45) is 3.25. The molecule has 2 aromatic rings. The molecule has 0 spiro atoms. The van der Waals surface area contributed by atoms with Crippen molar-refractivity contribution >= 4 is 17.7 Å². The van der Waals surface area contributed by atoms with E-state index >= 15 is 0 Å². The first-order valence-corrected chi connectivity index (χ1v) is 9.29. The van der Waals surface area contributed by atoms with Crippen molar-refractivity contribution < 1.29 is 19.1 Å². The molecule has 6 nitrogen and oxygen atoms in total. The molecule has 0 saturated carbocycles. The van der Waals surface area contributed by atoms with Gasteiger partial charge in [-0.1, -0.05) is 30.3 Å². The topological polar surface area (TPSA) is 68.6 Å². The molecule has 1 aromatic carbocycles. The minimum Gasteiger partial charge on any atom is -0.466 e. The number of amides is 1. The number of hydrogen-bond acceptors (Lipinski definition) is 4. The predicted octanol–water partition coefficient (Wildman–Crippen LogP) is 2.52. The third kappa shape index (κ3) is 4.45. The number of rotatable bonds is 6. The first kappa shape index (κ1) is 18.9. The first-order chi connectivity index (χ1) is 13.1. The molecule has 3 rings (SSSR count). The summed E-state index contributed by atoms with van der Waals surface area (Å²) in [4.78, 5) is 39.1. The van der Waals surface area contributed by atoms with E-state index in [2.05, 4.69) is 0 Å². The number of carbonyl (C=O) groups excluding carboxylic acids is 3. The number of ketones is 1. The fourth-order valence-corrected chi connectivity index (χ4v) is 3.40. The van der Waals surface area contributed by atoms with E-state index in [4.69, 9.17) is 4.74 Å². The lowest BCUT2D eigenvalue weighted by Crippen LogP contribution is -2.44. The van der Waals surface area contributed by atoms with Gasteiger partial charge in [-0.05, 0) is 31.9 Å². The molecule has 0 N–H and O–H groups in total. The zero-order valence-electron chi connectivity index (χ0n) is 15.5. The molecule has 0 unspecified atom stereocenters. The van der Waals surface area contributed by atoms with Crippen LogP contribution in [0.2, 0.25) is 0 Å². The average molecular weight is 368 g/mol. The van der Waals surface area contributed by atoms with Crippen LogP contribution in [-0.2, 0) is 20.9 Å². The van der Waals surface area contributed by atoms with Crippen LogP contribution in [0.25, 0.3) is 0 Å². The number of nitrogens with zero attached hydrogens (tertiary/aromatic N) is 2. The molecule has 0 bridgehead atoms. The van der Waals surface area contributed by atoms with Gasteiger partial charge in [-0.3, -0.25) is 14.4 Å². The number of benzene rings is 1. The molecule has 1 aliphatic heterocycles. The zero-order chi connectivity index (χ0) is 19.2. The molecule has 27 heavy (non-hydrogen) atoms. The molecule has 1 aliphatic rings. The highest BCUT2D eigenvalue weighted by Gasteiger charge is 2.29. The van der Waals surface area contributed by atoms with Crippen molar-refractivity contribution in [2.75, 3.05) is 19.7 Å². The van der Waals surface area contributed by atoms with Gasteiger partial charge in [-0.2, -0.15) is 0 Å². The highest BCUT2D eigenvalue weighted by molar-refractivity contribution is 6.08. The van der Waals surface area contributed by atoms with Gasteiger partial charge in [0.2, 0.25) is 11.7 Å². The lowest BCUT2D eigenvalue weighted by atomic mass is 9.98. The summed E-state index contributed by atoms with van der Waals surface area (Å²) in [5.41, 5.74) is 1.07. The Bertz CT molecular complexity index is 813. The molecular weight excluding hydrogens is 344 g/mol. The molecule has 1 amide bonds. The maximum Gasteiger partial charge on any atom is 0.310 e. The van der Waals surface area contributed by atoms with E-state index in [1.807, 2.05) is 18.2 Å². The van der Waals surface area contributed by atoms with Crippen molar-refractivity contribution in [3.05, 3.63) is 59.9 Å². The Morgan fingerprint density at radius 3 is 2.63 bits per heavy atom. The third-order valence-electron chi connectivity index (χ3n) is 4.80. The largest absolute Gasteiger partial charge is 0.466 e. The Labute approximate surface area is 158 Å². The van der Waals surface area contributed by atoms with E-state index in [-0.39, 0.29) is 30.1 Å². The minimum absolute atomic E-state index is 0.0798. The van der Waals surface area contributed by atoms with E-state index in [0.717, 1.165) is 12.8 Å². The maximum absolute atomic E-state index is 12.7. The van der Waals surface area contributed by atoms with E-state index in [1.54, 1.807) is 46.9 Å². The second-order valence-corrected chi connectivity index (χ2v) is 6.65. The standard InChI is InChI=1S/C21H24N2O4/c1-2-27-21(26)17-10-6-13-23(14-17)19(24)15-22-12-7-11-18(22)20(25)16-8-4-3-5-9-16/h3-5,7-9,11-12,17H,2,6,10,13-15H2,1H3/t17-/m0/s1. The van der Waals surface area contributed by atoms with Crippen LogP contribution in [0.5, 0.6) is 0 Å². The van der Waals surface area contributed by atoms with E-state index in [1.165, 1.54) is 0 Å². The second kappa shape index (κ2) is 8.66. The Balaban J connectivity index is 1.67. The Hall–Kier alpha value is -2.89. The summed E-state index contributed by atoms with van der Waals surface area (Å²) < 4.78 is 6.76. The van der Waals surface area contributed by atoms with Crippen LogP contribution in [0.3, 0.4) is 0 Å². The van der Waals surface area contributed by atoms with Gasteiger partial charge in [-0.15, -0.1) is 0 Å². The summed E-state index contributed by atoms with van der Waals surface area (Å²) in [5, 5.41) is 0. The van der Waals surface area contributed by atoms with Gasteiger partial charge in [-0.25, -0.2) is 0 Å². The van der Waals surface area contributed by atoms with Gasteiger partial charge >= 0.3 is 5.97 Å². The van der Waals surface area contributed by atoms with Crippen LogP contribution < -0.4 is 0 Å². The molecule has 2 heterocycles. The molecule has 1 atom stereocenters. The fraction of sp³-hybridized carbons (Fsp3) is 0.381. The normalized spacial score (nSPS) is 16.8. The highest BCUT2D eigenvalue weighted by atomic mass is 16.5. The highest BCUT2D eigenvalue weighted by Crippen LogP contribution is 2.19. The number of ether oxygens (including phenoxy) is 1. The van der Waals surface area contributed by atoms with Crippen LogP contribution in [0.1, 0.15) is 35.8 Å². The number of esters is 1. The van der Waals surface area contributed by atoms with Crippen LogP contribution in [0.15, 0.2) is 48.7 Å². The van der Waals surface area contributed by atoms with Gasteiger partial charge in [0.15, 0.2) is 0 Å². The molecule has 142 valence electrons. The van der Waals surface area contributed by atoms with Crippen LogP contribution in [-0.4, -0.2) is 46.8 Å². The Kier molecular flexibility index (Phi) is 6.06.